The molecular formula is C10H10N2O2S. The third kappa shape index (κ3) is 2.02. The monoisotopic (exact) mass is 222 g/mol. The summed E-state index contributed by atoms with van der Waals surface area (Å²) >= 11 is 0. The molecule has 0 bridgehead atoms. The smallest absolute Gasteiger partial charge is 0.168 e. The number of nitrogens with two attached hydrogens (primary N) is 1. The fraction of sp³-hybridized carbons (Fsp3) is 0. The zero-order chi connectivity index (χ0) is 10.8. The van der Waals surface area contributed by atoms with Gasteiger partial charge in [-0.2, -0.15) is 0 Å². The number of benzene rings is 1. The van der Waals surface area contributed by atoms with Crippen LogP contribution >= 0.6 is 0 Å². The van der Waals surface area contributed by atoms with Gasteiger partial charge in [0.25, 0.3) is 0 Å². The number of fused-ring (bicyclic) bond motifs is 1. The van der Waals surface area contributed by atoms with Gasteiger partial charge in [-0.15, -0.1) is 0 Å². The van der Waals surface area contributed by atoms with Gasteiger partial charge < -0.3 is 11.1 Å². The zero-order valence-corrected chi connectivity index (χ0v) is 8.70. The summed E-state index contributed by atoms with van der Waals surface area (Å²) < 4.78 is 21.6. The van der Waals surface area contributed by atoms with Gasteiger partial charge in [0.2, 0.25) is 0 Å². The molecule has 1 aromatic rings. The van der Waals surface area contributed by atoms with Crippen LogP contribution in [0, 0.1) is 0 Å². The molecule has 0 fully saturated rings. The molecule has 0 unspecified atom stereocenters. The third-order valence-electron chi connectivity index (χ3n) is 2.08. The van der Waals surface area contributed by atoms with Gasteiger partial charge in [-0.3, -0.25) is 0 Å². The molecule has 0 amide bonds. The maximum Gasteiger partial charge on any atom is 0.168 e. The van der Waals surface area contributed by atoms with Crippen LogP contribution in [0.25, 0.3) is 6.08 Å². The molecule has 1 aliphatic rings. The first kappa shape index (κ1) is 9.79. The lowest BCUT2D eigenvalue weighted by Crippen LogP contribution is -2.08. The van der Waals surface area contributed by atoms with E-state index in [1.54, 1.807) is 24.3 Å². The number of anilines is 1. The Bertz CT molecular complexity index is 522. The summed E-state index contributed by atoms with van der Waals surface area (Å²) in [7, 11) is -2.56. The van der Waals surface area contributed by atoms with Crippen LogP contribution in [0.3, 0.4) is 0 Å². The average Bonchev–Trinajstić information content (AvgIpc) is 2.37. The molecule has 1 heterocycles. The SMILES string of the molecule is NC1=CC=Cc2ccc([SH](=O)=O)cc2N1. The van der Waals surface area contributed by atoms with Crippen molar-refractivity contribution in [1.29, 1.82) is 0 Å². The zero-order valence-electron chi connectivity index (χ0n) is 7.81. The Balaban J connectivity index is 2.53. The number of rotatable bonds is 1. The largest absolute Gasteiger partial charge is 0.385 e. The van der Waals surface area contributed by atoms with Gasteiger partial charge in [0, 0.05) is 5.69 Å². The second-order valence-corrected chi connectivity index (χ2v) is 4.17. The maximum absolute atomic E-state index is 10.8. The van der Waals surface area contributed by atoms with Crippen molar-refractivity contribution in [3.8, 4) is 0 Å². The highest BCUT2D eigenvalue weighted by Gasteiger charge is 2.05. The Kier molecular flexibility index (Phi) is 2.47. The van der Waals surface area contributed by atoms with Gasteiger partial charge in [-0.1, -0.05) is 18.2 Å². The average molecular weight is 222 g/mol. The van der Waals surface area contributed by atoms with Gasteiger partial charge >= 0.3 is 0 Å². The molecule has 1 aliphatic heterocycles. The summed E-state index contributed by atoms with van der Waals surface area (Å²) in [6.07, 6.45) is 5.39. The molecule has 0 saturated heterocycles. The third-order valence-corrected chi connectivity index (χ3v) is 2.78. The minimum Gasteiger partial charge on any atom is -0.385 e. The van der Waals surface area contributed by atoms with Gasteiger partial charge in [0.15, 0.2) is 10.7 Å². The van der Waals surface area contributed by atoms with Crippen LogP contribution in [-0.4, -0.2) is 8.42 Å². The quantitative estimate of drug-likeness (QED) is 0.617. The molecular weight excluding hydrogens is 212 g/mol. The summed E-state index contributed by atoms with van der Waals surface area (Å²) in [5.74, 6) is 0.489. The van der Waals surface area contributed by atoms with Gasteiger partial charge in [0.1, 0.15) is 5.82 Å². The number of hydrogen-bond donors (Lipinski definition) is 3. The Hall–Kier alpha value is -1.75. The number of allylic oxidation sites excluding steroid dienone is 2. The van der Waals surface area contributed by atoms with Crippen LogP contribution in [0.15, 0.2) is 41.1 Å². The van der Waals surface area contributed by atoms with E-state index in [0.29, 0.717) is 11.5 Å². The van der Waals surface area contributed by atoms with Crippen LogP contribution < -0.4 is 11.1 Å². The lowest BCUT2D eigenvalue weighted by molar-refractivity contribution is 0.614. The predicted molar refractivity (Wildman–Crippen MR) is 59.9 cm³/mol. The molecule has 5 heteroatoms. The van der Waals surface area contributed by atoms with Crippen LogP contribution in [0.5, 0.6) is 0 Å². The lowest BCUT2D eigenvalue weighted by atomic mass is 10.2. The second kappa shape index (κ2) is 3.78. The molecule has 2 rings (SSSR count). The van der Waals surface area contributed by atoms with Crippen LogP contribution in [0.2, 0.25) is 0 Å². The normalized spacial score (nSPS) is 14.1. The molecule has 0 radical (unpaired) electrons. The number of nitrogens with one attached hydrogen (secondary N) is 1. The molecule has 0 saturated carbocycles. The Morgan fingerprint density at radius 1 is 1.27 bits per heavy atom. The Morgan fingerprint density at radius 2 is 2.07 bits per heavy atom. The van der Waals surface area contributed by atoms with Crippen molar-refractivity contribution < 1.29 is 8.42 Å². The molecule has 78 valence electrons. The fourth-order valence-electron chi connectivity index (χ4n) is 1.36. The Labute approximate surface area is 89.1 Å². The first-order valence-corrected chi connectivity index (χ1v) is 5.54. The van der Waals surface area contributed by atoms with Crippen molar-refractivity contribution in [2.24, 2.45) is 5.73 Å². The van der Waals surface area contributed by atoms with E-state index in [1.165, 1.54) is 0 Å². The van der Waals surface area contributed by atoms with Crippen molar-refractivity contribution in [2.45, 2.75) is 4.90 Å². The van der Waals surface area contributed by atoms with Crippen LogP contribution in [0.4, 0.5) is 5.69 Å². The van der Waals surface area contributed by atoms with E-state index < -0.39 is 10.7 Å². The highest BCUT2D eigenvalue weighted by molar-refractivity contribution is 7.72. The predicted octanol–water partition coefficient (Wildman–Crippen LogP) is 0.896. The van der Waals surface area contributed by atoms with E-state index in [9.17, 15) is 8.42 Å². The molecule has 0 spiro atoms. The first-order chi connectivity index (χ1) is 7.16. The van der Waals surface area contributed by atoms with E-state index in [2.05, 4.69) is 5.32 Å². The molecule has 0 aliphatic carbocycles. The first-order valence-electron chi connectivity index (χ1n) is 4.36. The topological polar surface area (TPSA) is 72.2 Å². The highest BCUT2D eigenvalue weighted by atomic mass is 32.2. The maximum atomic E-state index is 10.8. The molecule has 0 atom stereocenters. The summed E-state index contributed by atoms with van der Waals surface area (Å²) in [5, 5.41) is 2.93. The van der Waals surface area contributed by atoms with Gasteiger partial charge in [-0.25, -0.2) is 8.42 Å². The van der Waals surface area contributed by atoms with Crippen molar-refractivity contribution >= 4 is 22.5 Å². The number of hydrogen-bond acceptors (Lipinski definition) is 4. The fourth-order valence-corrected chi connectivity index (χ4v) is 1.79. The minimum absolute atomic E-state index is 0.277. The van der Waals surface area contributed by atoms with Gasteiger partial charge in [0.05, 0.1) is 4.90 Å². The van der Waals surface area contributed by atoms with E-state index in [1.807, 2.05) is 12.2 Å². The highest BCUT2D eigenvalue weighted by Crippen LogP contribution is 2.22. The van der Waals surface area contributed by atoms with Crippen LogP contribution in [-0.2, 0) is 10.7 Å². The van der Waals surface area contributed by atoms with Crippen molar-refractivity contribution in [3.05, 3.63) is 41.7 Å². The molecule has 15 heavy (non-hydrogen) atoms. The van der Waals surface area contributed by atoms with Crippen molar-refractivity contribution in [2.75, 3.05) is 5.32 Å². The second-order valence-electron chi connectivity index (χ2n) is 3.13. The number of thiol groups is 1. The van der Waals surface area contributed by atoms with Crippen LogP contribution in [0.1, 0.15) is 5.56 Å². The standard InChI is InChI=1S/C10H10N2O2S/c11-10-3-1-2-7-4-5-8(15(13)14)6-9(7)12-10/h1-6,12,15H,11H2. The summed E-state index contributed by atoms with van der Waals surface area (Å²) in [6, 6.07) is 4.88. The molecule has 1 aromatic carbocycles. The minimum atomic E-state index is -2.56. The van der Waals surface area contributed by atoms with E-state index >= 15 is 0 Å². The molecule has 0 aromatic heterocycles. The van der Waals surface area contributed by atoms with E-state index in [4.69, 9.17) is 5.73 Å². The van der Waals surface area contributed by atoms with Gasteiger partial charge in [-0.05, 0) is 23.8 Å². The summed E-state index contributed by atoms with van der Waals surface area (Å²) in [6.45, 7) is 0. The summed E-state index contributed by atoms with van der Waals surface area (Å²) in [5.41, 5.74) is 7.24. The summed E-state index contributed by atoms with van der Waals surface area (Å²) in [4.78, 5) is 0.277. The van der Waals surface area contributed by atoms with E-state index in [0.717, 1.165) is 5.56 Å². The van der Waals surface area contributed by atoms with Crippen molar-refractivity contribution in [3.63, 3.8) is 0 Å². The Morgan fingerprint density at radius 3 is 2.80 bits per heavy atom. The van der Waals surface area contributed by atoms with Crippen molar-refractivity contribution in [1.82, 2.24) is 0 Å². The lowest BCUT2D eigenvalue weighted by Gasteiger charge is -2.08. The molecule has 4 nitrogen and oxygen atoms in total. The van der Waals surface area contributed by atoms with E-state index in [-0.39, 0.29) is 4.90 Å². The molecule has 3 N–H and O–H groups in total.